The summed E-state index contributed by atoms with van der Waals surface area (Å²) in [6, 6.07) is 16.3. The van der Waals surface area contributed by atoms with Crippen molar-refractivity contribution in [1.82, 2.24) is 24.7 Å². The average molecular weight is 725 g/mol. The van der Waals surface area contributed by atoms with Crippen molar-refractivity contribution >= 4 is 46.1 Å². The molecular formula is C40H52N8O5. The maximum Gasteiger partial charge on any atom is 0.258 e. The lowest BCUT2D eigenvalue weighted by molar-refractivity contribution is -0.132. The number of ether oxygens (including phenoxy) is 2. The van der Waals surface area contributed by atoms with E-state index in [9.17, 15) is 14.4 Å². The first kappa shape index (κ1) is 37.6. The maximum absolute atomic E-state index is 13.8. The number of unbranched alkanes of at least 4 members (excludes halogenated alkanes) is 2. The van der Waals surface area contributed by atoms with Crippen LogP contribution < -0.4 is 24.6 Å². The molecule has 0 aliphatic carbocycles. The SMILES string of the molecule is COc1cc(C(=O)N(C)c2ccc(C)cc2OCCCCCC(=O)N2CCN(C)CC2)ccc1NC(=O)c1cccc2[nH]c(N3CCN(C)CC3)nc12. The molecule has 0 radical (unpaired) electrons. The molecule has 0 atom stereocenters. The van der Waals surface area contributed by atoms with E-state index >= 15 is 0 Å². The van der Waals surface area contributed by atoms with Crippen molar-refractivity contribution in [3.63, 3.8) is 0 Å². The van der Waals surface area contributed by atoms with Gasteiger partial charge in [0.2, 0.25) is 11.9 Å². The average Bonchev–Trinajstić information content (AvgIpc) is 3.61. The number of fused-ring (bicyclic) bond motifs is 1. The normalized spacial score (nSPS) is 15.4. The van der Waals surface area contributed by atoms with Gasteiger partial charge >= 0.3 is 0 Å². The van der Waals surface area contributed by atoms with Crippen molar-refractivity contribution in [2.45, 2.75) is 32.6 Å². The number of benzene rings is 3. The number of anilines is 3. The van der Waals surface area contributed by atoms with E-state index in [2.05, 4.69) is 39.1 Å². The molecule has 4 aromatic rings. The molecule has 2 saturated heterocycles. The van der Waals surface area contributed by atoms with E-state index < -0.39 is 0 Å². The van der Waals surface area contributed by atoms with Gasteiger partial charge in [-0.15, -0.1) is 0 Å². The first-order chi connectivity index (χ1) is 25.6. The molecule has 282 valence electrons. The van der Waals surface area contributed by atoms with Crippen LogP contribution in [0.2, 0.25) is 0 Å². The van der Waals surface area contributed by atoms with Crippen LogP contribution in [0, 0.1) is 6.92 Å². The zero-order valence-corrected chi connectivity index (χ0v) is 31.6. The second-order valence-electron chi connectivity index (χ2n) is 14.1. The number of amides is 3. The first-order valence-electron chi connectivity index (χ1n) is 18.5. The molecule has 2 fully saturated rings. The predicted molar refractivity (Wildman–Crippen MR) is 209 cm³/mol. The van der Waals surface area contributed by atoms with Gasteiger partial charge in [-0.05, 0) is 88.3 Å². The number of H-pyrrole nitrogens is 1. The summed E-state index contributed by atoms with van der Waals surface area (Å²) in [4.78, 5) is 58.4. The fourth-order valence-electron chi connectivity index (χ4n) is 6.76. The van der Waals surface area contributed by atoms with Crippen molar-refractivity contribution in [2.75, 3.05) is 102 Å². The Bertz CT molecular complexity index is 1910. The van der Waals surface area contributed by atoms with Crippen LogP contribution in [-0.4, -0.2) is 130 Å². The first-order valence-corrected chi connectivity index (χ1v) is 18.5. The minimum atomic E-state index is -0.329. The monoisotopic (exact) mass is 724 g/mol. The van der Waals surface area contributed by atoms with Crippen LogP contribution >= 0.6 is 0 Å². The van der Waals surface area contributed by atoms with Gasteiger partial charge in [-0.1, -0.05) is 12.1 Å². The highest BCUT2D eigenvalue weighted by molar-refractivity contribution is 6.13. The zero-order chi connectivity index (χ0) is 37.5. The van der Waals surface area contributed by atoms with E-state index in [0.29, 0.717) is 52.5 Å². The molecule has 3 aromatic carbocycles. The summed E-state index contributed by atoms with van der Waals surface area (Å²) in [7, 11) is 7.41. The van der Waals surface area contributed by atoms with Gasteiger partial charge in [0.15, 0.2) is 0 Å². The number of carbonyl (C=O) groups is 3. The Labute approximate surface area is 311 Å². The number of hydrogen-bond acceptors (Lipinski definition) is 9. The van der Waals surface area contributed by atoms with Crippen LogP contribution in [-0.2, 0) is 4.79 Å². The predicted octanol–water partition coefficient (Wildman–Crippen LogP) is 4.87. The Morgan fingerprint density at radius 3 is 2.34 bits per heavy atom. The Kier molecular flexibility index (Phi) is 12.2. The minimum absolute atomic E-state index is 0.231. The number of aromatic nitrogens is 2. The van der Waals surface area contributed by atoms with Crippen molar-refractivity contribution in [3.8, 4) is 11.5 Å². The second-order valence-corrected chi connectivity index (χ2v) is 14.1. The van der Waals surface area contributed by atoms with E-state index in [1.54, 1.807) is 36.2 Å². The van der Waals surface area contributed by atoms with E-state index in [1.807, 2.05) is 42.2 Å². The number of hydrogen-bond donors (Lipinski definition) is 2. The van der Waals surface area contributed by atoms with Gasteiger partial charge in [0.05, 0.1) is 36.2 Å². The van der Waals surface area contributed by atoms with Crippen LogP contribution in [0.4, 0.5) is 17.3 Å². The van der Waals surface area contributed by atoms with Gasteiger partial charge in [0.1, 0.15) is 17.0 Å². The molecule has 13 nitrogen and oxygen atoms in total. The third-order valence-corrected chi connectivity index (χ3v) is 10.2. The van der Waals surface area contributed by atoms with Crippen LogP contribution in [0.1, 0.15) is 52.0 Å². The van der Waals surface area contributed by atoms with Crippen molar-refractivity contribution < 1.29 is 23.9 Å². The summed E-state index contributed by atoms with van der Waals surface area (Å²) in [5.74, 6) is 1.38. The smallest absolute Gasteiger partial charge is 0.258 e. The summed E-state index contributed by atoms with van der Waals surface area (Å²) in [6.07, 6.45) is 3.06. The molecule has 2 aliphatic rings. The summed E-state index contributed by atoms with van der Waals surface area (Å²) in [5.41, 5.74) is 4.31. The lowest BCUT2D eigenvalue weighted by Crippen LogP contribution is -2.47. The van der Waals surface area contributed by atoms with Gasteiger partial charge in [0.25, 0.3) is 11.8 Å². The molecule has 3 heterocycles. The Morgan fingerprint density at radius 1 is 0.868 bits per heavy atom. The third kappa shape index (κ3) is 9.09. The highest BCUT2D eigenvalue weighted by Crippen LogP contribution is 2.32. The number of aromatic amines is 1. The van der Waals surface area contributed by atoms with E-state index in [4.69, 9.17) is 14.5 Å². The lowest BCUT2D eigenvalue weighted by Gasteiger charge is -2.32. The number of para-hydroxylation sites is 1. The quantitative estimate of drug-likeness (QED) is 0.186. The van der Waals surface area contributed by atoms with Gasteiger partial charge in [-0.3, -0.25) is 14.4 Å². The molecule has 13 heteroatoms. The van der Waals surface area contributed by atoms with E-state index in [0.717, 1.165) is 88.6 Å². The number of methoxy groups -OCH3 is 1. The number of nitrogens with one attached hydrogen (secondary N) is 2. The van der Waals surface area contributed by atoms with Gasteiger partial charge in [-0.25, -0.2) is 4.98 Å². The van der Waals surface area contributed by atoms with Crippen molar-refractivity contribution in [2.24, 2.45) is 0 Å². The molecule has 1 aromatic heterocycles. The van der Waals surface area contributed by atoms with Crippen LogP contribution in [0.3, 0.4) is 0 Å². The summed E-state index contributed by atoms with van der Waals surface area (Å²) in [6.45, 7) is 9.53. The Balaban J connectivity index is 1.07. The van der Waals surface area contributed by atoms with E-state index in [1.165, 1.54) is 7.11 Å². The Morgan fingerprint density at radius 2 is 1.60 bits per heavy atom. The van der Waals surface area contributed by atoms with Crippen LogP contribution in [0.25, 0.3) is 11.0 Å². The zero-order valence-electron chi connectivity index (χ0n) is 31.6. The molecule has 6 rings (SSSR count). The second kappa shape index (κ2) is 17.1. The number of piperazine rings is 2. The summed E-state index contributed by atoms with van der Waals surface area (Å²) < 4.78 is 11.8. The molecule has 0 spiro atoms. The molecule has 3 amide bonds. The lowest BCUT2D eigenvalue weighted by atomic mass is 10.1. The number of carbonyl (C=O) groups excluding carboxylic acids is 3. The molecule has 2 N–H and O–H groups in total. The molecular weight excluding hydrogens is 672 g/mol. The van der Waals surface area contributed by atoms with Gasteiger partial charge < -0.3 is 44.3 Å². The van der Waals surface area contributed by atoms with Crippen molar-refractivity contribution in [3.05, 3.63) is 71.3 Å². The number of imidazole rings is 1. The molecule has 0 saturated carbocycles. The largest absolute Gasteiger partial charge is 0.495 e. The van der Waals surface area contributed by atoms with E-state index in [-0.39, 0.29) is 17.7 Å². The molecule has 53 heavy (non-hydrogen) atoms. The third-order valence-electron chi connectivity index (χ3n) is 10.2. The molecule has 0 bridgehead atoms. The number of likely N-dealkylation sites (N-methyl/N-ethyl adjacent to an activating group) is 2. The summed E-state index contributed by atoms with van der Waals surface area (Å²) >= 11 is 0. The van der Waals surface area contributed by atoms with Gasteiger partial charge in [0, 0.05) is 71.4 Å². The standard InChI is InChI=1S/C40H52N8O5/c1-28-13-16-33(35(26-28)53-25-8-6-7-12-36(49)47-21-17-44(2)18-22-47)46(4)39(51)29-14-15-31(34(27-29)52-5)41-38(50)30-10-9-11-32-37(30)43-40(42-32)48-23-19-45(3)20-24-48/h9-11,13-16,26-27H,6-8,12,17-25H2,1-5H3,(H,41,50)(H,42,43). The van der Waals surface area contributed by atoms with Gasteiger partial charge in [-0.2, -0.15) is 0 Å². The minimum Gasteiger partial charge on any atom is -0.495 e. The number of rotatable bonds is 13. The van der Waals surface area contributed by atoms with Crippen LogP contribution in [0.5, 0.6) is 11.5 Å². The Hall–Kier alpha value is -5.14. The maximum atomic E-state index is 13.8. The highest BCUT2D eigenvalue weighted by atomic mass is 16.5. The fourth-order valence-corrected chi connectivity index (χ4v) is 6.76. The molecule has 2 aliphatic heterocycles. The molecule has 0 unspecified atom stereocenters. The van der Waals surface area contributed by atoms with Crippen LogP contribution in [0.15, 0.2) is 54.6 Å². The fraction of sp³-hybridized carbons (Fsp3) is 0.450. The topological polar surface area (TPSA) is 127 Å². The summed E-state index contributed by atoms with van der Waals surface area (Å²) in [5, 5.41) is 2.96. The highest BCUT2D eigenvalue weighted by Gasteiger charge is 2.23. The number of aryl methyl sites for hydroxylation is 1. The number of nitrogens with zero attached hydrogens (tertiary/aromatic N) is 6. The van der Waals surface area contributed by atoms with Crippen molar-refractivity contribution in [1.29, 1.82) is 0 Å².